The van der Waals surface area contributed by atoms with E-state index in [1.165, 1.54) is 21.9 Å². The topological polar surface area (TPSA) is 43.6 Å². The van der Waals surface area contributed by atoms with E-state index in [1.807, 2.05) is 24.3 Å². The number of nitrogens with zero attached hydrogens (tertiary/aromatic N) is 4. The molecular weight excluding hydrogens is 693 g/mol. The Morgan fingerprint density at radius 1 is 0.351 bits per heavy atom. The van der Waals surface area contributed by atoms with Gasteiger partial charge >= 0.3 is 0 Å². The molecule has 4 nitrogen and oxygen atoms in total. The second kappa shape index (κ2) is 13.6. The van der Waals surface area contributed by atoms with Crippen molar-refractivity contribution in [3.8, 4) is 62.0 Å². The van der Waals surface area contributed by atoms with Crippen LogP contribution in [0.1, 0.15) is 0 Å². The van der Waals surface area contributed by atoms with Gasteiger partial charge in [-0.1, -0.05) is 176 Å². The lowest BCUT2D eigenvalue weighted by Gasteiger charge is -2.16. The molecule has 0 N–H and O–H groups in total. The Bertz CT molecular complexity index is 3260. The summed E-state index contributed by atoms with van der Waals surface area (Å²) in [6.45, 7) is 0. The van der Waals surface area contributed by atoms with Crippen LogP contribution < -0.4 is 0 Å². The molecule has 0 aliphatic rings. The zero-order valence-electron chi connectivity index (χ0n) is 30.9. The van der Waals surface area contributed by atoms with Crippen LogP contribution >= 0.6 is 0 Å². The fraction of sp³-hybridized carbons (Fsp3) is 0. The van der Waals surface area contributed by atoms with Crippen LogP contribution in [0.2, 0.25) is 0 Å². The molecule has 0 spiro atoms. The van der Waals surface area contributed by atoms with Gasteiger partial charge in [0.15, 0.2) is 5.82 Å². The molecule has 3 heterocycles. The van der Waals surface area contributed by atoms with Crippen molar-refractivity contribution >= 4 is 43.5 Å². The van der Waals surface area contributed by atoms with Gasteiger partial charge in [0.05, 0.1) is 33.6 Å². The maximum absolute atomic E-state index is 5.50. The summed E-state index contributed by atoms with van der Waals surface area (Å²) in [5, 5.41) is 5.76. The average molecular weight is 727 g/mol. The zero-order chi connectivity index (χ0) is 37.7. The summed E-state index contributed by atoms with van der Waals surface area (Å²) in [4.78, 5) is 15.9. The molecule has 0 radical (unpaired) electrons. The molecule has 4 heteroatoms. The van der Waals surface area contributed by atoms with E-state index >= 15 is 0 Å². The molecule has 0 fully saturated rings. The van der Waals surface area contributed by atoms with Gasteiger partial charge < -0.3 is 4.57 Å². The summed E-state index contributed by atoms with van der Waals surface area (Å²) in [7, 11) is 0. The predicted octanol–water partition coefficient (Wildman–Crippen LogP) is 13.6. The normalized spacial score (nSPS) is 11.5. The van der Waals surface area contributed by atoms with Crippen molar-refractivity contribution in [2.45, 2.75) is 0 Å². The first-order chi connectivity index (χ1) is 28.3. The van der Waals surface area contributed by atoms with Crippen molar-refractivity contribution in [1.29, 1.82) is 0 Å². The fourth-order valence-corrected chi connectivity index (χ4v) is 8.37. The van der Waals surface area contributed by atoms with Crippen molar-refractivity contribution in [2.24, 2.45) is 0 Å². The van der Waals surface area contributed by atoms with E-state index in [-0.39, 0.29) is 0 Å². The Labute approximate surface area is 330 Å². The number of para-hydroxylation sites is 3. The maximum Gasteiger partial charge on any atom is 0.160 e. The van der Waals surface area contributed by atoms with Gasteiger partial charge in [0.1, 0.15) is 0 Å². The maximum atomic E-state index is 5.50. The van der Waals surface area contributed by atoms with E-state index in [9.17, 15) is 0 Å². The van der Waals surface area contributed by atoms with Gasteiger partial charge in [-0.2, -0.15) is 0 Å². The number of hydrogen-bond donors (Lipinski definition) is 0. The predicted molar refractivity (Wildman–Crippen MR) is 236 cm³/mol. The Morgan fingerprint density at radius 3 is 1.61 bits per heavy atom. The highest BCUT2D eigenvalue weighted by molar-refractivity contribution is 6.24. The molecule has 0 saturated heterocycles. The largest absolute Gasteiger partial charge is 0.307 e. The number of rotatable bonds is 6. The third-order valence-corrected chi connectivity index (χ3v) is 11.0. The van der Waals surface area contributed by atoms with Crippen molar-refractivity contribution < 1.29 is 0 Å². The minimum absolute atomic E-state index is 0.689. The van der Waals surface area contributed by atoms with Crippen LogP contribution in [0.4, 0.5) is 0 Å². The second-order valence-corrected chi connectivity index (χ2v) is 14.4. The lowest BCUT2D eigenvalue weighted by molar-refractivity contribution is 1.17. The van der Waals surface area contributed by atoms with Crippen molar-refractivity contribution in [3.63, 3.8) is 0 Å². The first kappa shape index (κ1) is 32.7. The Morgan fingerprint density at radius 2 is 0.877 bits per heavy atom. The van der Waals surface area contributed by atoms with E-state index in [1.54, 1.807) is 0 Å². The molecular formula is C53H34N4. The standard InChI is InChI=1S/C53H34N4/c1-4-16-35(17-5-1)36-28-30-37(31-29-36)47-34-48(56-53(55-47)38-18-6-2-7-19-38)42-32-33-43(41-23-11-10-22-40(41)42)51-52-50(44-24-12-14-26-46(44)54-51)45-25-13-15-27-49(45)57(52)39-20-8-3-9-21-39/h1-34H. The Balaban J connectivity index is 1.15. The summed E-state index contributed by atoms with van der Waals surface area (Å²) in [6, 6.07) is 72.5. The summed E-state index contributed by atoms with van der Waals surface area (Å²) < 4.78 is 2.38. The van der Waals surface area contributed by atoms with Crippen molar-refractivity contribution in [2.75, 3.05) is 0 Å². The monoisotopic (exact) mass is 726 g/mol. The summed E-state index contributed by atoms with van der Waals surface area (Å²) in [6.07, 6.45) is 0. The molecule has 0 unspecified atom stereocenters. The Hall–Kier alpha value is -7.69. The summed E-state index contributed by atoms with van der Waals surface area (Å²) in [5.41, 5.74) is 13.5. The van der Waals surface area contributed by atoms with Crippen LogP contribution in [0, 0.1) is 0 Å². The Kier molecular flexibility index (Phi) is 7.78. The molecule has 57 heavy (non-hydrogen) atoms. The van der Waals surface area contributed by atoms with Gasteiger partial charge in [-0.25, -0.2) is 15.0 Å². The molecule has 3 aromatic heterocycles. The minimum atomic E-state index is 0.689. The molecule has 0 aliphatic heterocycles. The first-order valence-electron chi connectivity index (χ1n) is 19.3. The van der Waals surface area contributed by atoms with Crippen molar-refractivity contribution in [3.05, 3.63) is 206 Å². The highest BCUT2D eigenvalue weighted by Gasteiger charge is 2.23. The number of pyridine rings is 1. The van der Waals surface area contributed by atoms with Gasteiger partial charge in [-0.05, 0) is 52.2 Å². The van der Waals surface area contributed by atoms with Crippen LogP contribution in [0.3, 0.4) is 0 Å². The van der Waals surface area contributed by atoms with E-state index in [2.05, 4.69) is 187 Å². The number of aromatic nitrogens is 4. The van der Waals surface area contributed by atoms with E-state index < -0.39 is 0 Å². The van der Waals surface area contributed by atoms with E-state index in [4.69, 9.17) is 15.0 Å². The molecule has 266 valence electrons. The third kappa shape index (κ3) is 5.58. The fourth-order valence-electron chi connectivity index (χ4n) is 8.37. The highest BCUT2D eigenvalue weighted by Crippen LogP contribution is 2.44. The molecule has 0 aliphatic carbocycles. The number of hydrogen-bond acceptors (Lipinski definition) is 3. The molecule has 11 aromatic rings. The van der Waals surface area contributed by atoms with Crippen LogP contribution in [0.25, 0.3) is 105 Å². The molecule has 0 saturated carbocycles. The van der Waals surface area contributed by atoms with E-state index in [0.717, 1.165) is 77.7 Å². The summed E-state index contributed by atoms with van der Waals surface area (Å²) in [5.74, 6) is 0.689. The SMILES string of the molecule is c1ccc(-c2ccc(-c3cc(-c4ccc(-c5nc6ccccc6c6c7ccccc7n(-c7ccccc7)c56)c5ccccc45)nc(-c4ccccc4)n3)cc2)cc1. The van der Waals surface area contributed by atoms with Gasteiger partial charge in [0.25, 0.3) is 0 Å². The van der Waals surface area contributed by atoms with Crippen LogP contribution in [-0.4, -0.2) is 19.5 Å². The second-order valence-electron chi connectivity index (χ2n) is 14.4. The van der Waals surface area contributed by atoms with Crippen LogP contribution in [0.5, 0.6) is 0 Å². The number of fused-ring (bicyclic) bond motifs is 6. The van der Waals surface area contributed by atoms with Gasteiger partial charge in [0.2, 0.25) is 0 Å². The lowest BCUT2D eigenvalue weighted by atomic mass is 9.94. The molecule has 0 bridgehead atoms. The quantitative estimate of drug-likeness (QED) is 0.171. The van der Waals surface area contributed by atoms with Crippen LogP contribution in [0.15, 0.2) is 206 Å². The number of benzene rings is 8. The lowest BCUT2D eigenvalue weighted by Crippen LogP contribution is -1.99. The zero-order valence-corrected chi connectivity index (χ0v) is 30.9. The molecule has 0 amide bonds. The molecule has 11 rings (SSSR count). The molecule has 0 atom stereocenters. The highest BCUT2D eigenvalue weighted by atomic mass is 15.0. The smallest absolute Gasteiger partial charge is 0.160 e. The van der Waals surface area contributed by atoms with Crippen molar-refractivity contribution in [1.82, 2.24) is 19.5 Å². The average Bonchev–Trinajstić information content (AvgIpc) is 3.65. The van der Waals surface area contributed by atoms with Crippen LogP contribution in [-0.2, 0) is 0 Å². The first-order valence-corrected chi connectivity index (χ1v) is 19.3. The van der Waals surface area contributed by atoms with Gasteiger partial charge in [-0.3, -0.25) is 0 Å². The van der Waals surface area contributed by atoms with E-state index in [0.29, 0.717) is 5.82 Å². The van der Waals surface area contributed by atoms with Gasteiger partial charge in [0, 0.05) is 44.1 Å². The molecule has 8 aromatic carbocycles. The minimum Gasteiger partial charge on any atom is -0.307 e. The third-order valence-electron chi connectivity index (χ3n) is 11.0. The van der Waals surface area contributed by atoms with Gasteiger partial charge in [-0.15, -0.1) is 0 Å². The summed E-state index contributed by atoms with van der Waals surface area (Å²) >= 11 is 0.